The zero-order valence-corrected chi connectivity index (χ0v) is 14.7. The summed E-state index contributed by atoms with van der Waals surface area (Å²) in [6, 6.07) is 0. The molecule has 0 saturated heterocycles. The first-order chi connectivity index (χ1) is 9.28. The van der Waals surface area contributed by atoms with Crippen molar-refractivity contribution in [1.29, 1.82) is 0 Å². The van der Waals surface area contributed by atoms with Crippen LogP contribution in [0.2, 0.25) is 0 Å². The number of unbranched alkanes of at least 4 members (excludes halogenated alkanes) is 1. The van der Waals surface area contributed by atoms with E-state index in [1.807, 2.05) is 0 Å². The van der Waals surface area contributed by atoms with Crippen molar-refractivity contribution >= 4 is 0 Å². The van der Waals surface area contributed by atoms with Gasteiger partial charge in [0.05, 0.1) is 5.69 Å². The molecule has 1 rings (SSSR count). The Labute approximate surface area is 125 Å². The van der Waals surface area contributed by atoms with Crippen LogP contribution in [0.3, 0.4) is 0 Å². The fourth-order valence-corrected chi connectivity index (χ4v) is 2.78. The fourth-order valence-electron chi connectivity index (χ4n) is 2.78. The zero-order valence-electron chi connectivity index (χ0n) is 14.7. The molecule has 1 N–H and O–H groups in total. The van der Waals surface area contributed by atoms with Crippen molar-refractivity contribution in [2.45, 2.75) is 97.8 Å². The van der Waals surface area contributed by atoms with E-state index in [2.05, 4.69) is 53.5 Å². The highest BCUT2D eigenvalue weighted by molar-refractivity contribution is 5.29. The molecule has 0 amide bonds. The lowest BCUT2D eigenvalue weighted by Crippen LogP contribution is -2.26. The van der Waals surface area contributed by atoms with Gasteiger partial charge in [-0.1, -0.05) is 61.3 Å². The summed E-state index contributed by atoms with van der Waals surface area (Å²) in [4.78, 5) is 8.66. The number of H-pyrrole nitrogens is 1. The average Bonchev–Trinajstić information content (AvgIpc) is 2.82. The minimum absolute atomic E-state index is 0.164. The van der Waals surface area contributed by atoms with Gasteiger partial charge in [0.1, 0.15) is 5.82 Å². The zero-order chi connectivity index (χ0) is 15.4. The maximum absolute atomic E-state index is 5.00. The Morgan fingerprint density at radius 1 is 0.950 bits per heavy atom. The molecule has 0 aliphatic carbocycles. The SMILES string of the molecule is CCCCc1nc(C(C)(C)CCC)c(C(C)(C)CC)[nH]1. The lowest BCUT2D eigenvalue weighted by atomic mass is 9.76. The Hall–Kier alpha value is -0.790. The van der Waals surface area contributed by atoms with Crippen LogP contribution in [0.15, 0.2) is 0 Å². The van der Waals surface area contributed by atoms with Gasteiger partial charge >= 0.3 is 0 Å². The lowest BCUT2D eigenvalue weighted by Gasteiger charge is -2.29. The van der Waals surface area contributed by atoms with Crippen LogP contribution >= 0.6 is 0 Å². The van der Waals surface area contributed by atoms with Crippen molar-refractivity contribution in [3.63, 3.8) is 0 Å². The van der Waals surface area contributed by atoms with E-state index in [9.17, 15) is 0 Å². The van der Waals surface area contributed by atoms with Gasteiger partial charge in [0.2, 0.25) is 0 Å². The quantitative estimate of drug-likeness (QED) is 0.666. The number of nitrogens with one attached hydrogen (secondary N) is 1. The van der Waals surface area contributed by atoms with Gasteiger partial charge in [-0.25, -0.2) is 4.98 Å². The smallest absolute Gasteiger partial charge is 0.106 e. The molecule has 0 aromatic carbocycles. The van der Waals surface area contributed by atoms with Crippen LogP contribution in [0.4, 0.5) is 0 Å². The summed E-state index contributed by atoms with van der Waals surface area (Å²) in [5, 5.41) is 0. The van der Waals surface area contributed by atoms with Crippen LogP contribution in [0.25, 0.3) is 0 Å². The third-order valence-electron chi connectivity index (χ3n) is 4.60. The number of aromatic amines is 1. The predicted octanol–water partition coefficient (Wildman–Crippen LogP) is 5.52. The third-order valence-corrected chi connectivity index (χ3v) is 4.60. The molecule has 0 aliphatic heterocycles. The minimum Gasteiger partial charge on any atom is -0.345 e. The molecule has 1 heterocycles. The molecule has 1 aromatic rings. The topological polar surface area (TPSA) is 28.7 Å². The highest BCUT2D eigenvalue weighted by Gasteiger charge is 2.33. The number of nitrogens with zero attached hydrogens (tertiary/aromatic N) is 1. The number of imidazole rings is 1. The van der Waals surface area contributed by atoms with Gasteiger partial charge in [-0.15, -0.1) is 0 Å². The maximum Gasteiger partial charge on any atom is 0.106 e. The largest absolute Gasteiger partial charge is 0.345 e. The van der Waals surface area contributed by atoms with E-state index >= 15 is 0 Å². The average molecular weight is 278 g/mol. The first-order valence-corrected chi connectivity index (χ1v) is 8.38. The molecular weight excluding hydrogens is 244 g/mol. The molecular formula is C18H34N2. The van der Waals surface area contributed by atoms with Crippen LogP contribution in [0.5, 0.6) is 0 Å². The van der Waals surface area contributed by atoms with Crippen molar-refractivity contribution < 1.29 is 0 Å². The van der Waals surface area contributed by atoms with E-state index in [0.29, 0.717) is 0 Å². The first kappa shape index (κ1) is 17.3. The molecule has 0 atom stereocenters. The molecule has 0 aliphatic rings. The van der Waals surface area contributed by atoms with Crippen molar-refractivity contribution in [3.05, 3.63) is 17.2 Å². The van der Waals surface area contributed by atoms with E-state index in [1.54, 1.807) is 0 Å². The number of rotatable bonds is 8. The van der Waals surface area contributed by atoms with Gasteiger partial charge in [-0.05, 0) is 19.3 Å². The van der Waals surface area contributed by atoms with E-state index in [0.717, 1.165) is 12.8 Å². The van der Waals surface area contributed by atoms with Gasteiger partial charge in [-0.3, -0.25) is 0 Å². The predicted molar refractivity (Wildman–Crippen MR) is 88.5 cm³/mol. The molecule has 2 heteroatoms. The van der Waals surface area contributed by atoms with E-state index in [-0.39, 0.29) is 10.8 Å². The van der Waals surface area contributed by atoms with Gasteiger partial charge in [0.15, 0.2) is 0 Å². The van der Waals surface area contributed by atoms with Gasteiger partial charge in [0.25, 0.3) is 0 Å². The van der Waals surface area contributed by atoms with E-state index in [1.165, 1.54) is 42.9 Å². The summed E-state index contributed by atoms with van der Waals surface area (Å²) >= 11 is 0. The maximum atomic E-state index is 5.00. The van der Waals surface area contributed by atoms with Crippen molar-refractivity contribution in [1.82, 2.24) is 9.97 Å². The second-order valence-electron chi connectivity index (χ2n) is 7.38. The Morgan fingerprint density at radius 2 is 1.60 bits per heavy atom. The monoisotopic (exact) mass is 278 g/mol. The molecule has 0 bridgehead atoms. The Morgan fingerprint density at radius 3 is 2.10 bits per heavy atom. The lowest BCUT2D eigenvalue weighted by molar-refractivity contribution is 0.426. The molecule has 0 radical (unpaired) electrons. The van der Waals surface area contributed by atoms with E-state index < -0.39 is 0 Å². The number of hydrogen-bond acceptors (Lipinski definition) is 1. The normalized spacial score (nSPS) is 12.9. The third kappa shape index (κ3) is 3.86. The summed E-state index contributed by atoms with van der Waals surface area (Å²) in [6.45, 7) is 16.1. The highest BCUT2D eigenvalue weighted by Crippen LogP contribution is 2.37. The summed E-state index contributed by atoms with van der Waals surface area (Å²) < 4.78 is 0. The molecule has 0 spiro atoms. The number of aromatic nitrogens is 2. The molecule has 0 unspecified atom stereocenters. The fraction of sp³-hybridized carbons (Fsp3) is 0.833. The van der Waals surface area contributed by atoms with E-state index in [4.69, 9.17) is 4.98 Å². The molecule has 2 nitrogen and oxygen atoms in total. The van der Waals surface area contributed by atoms with Gasteiger partial charge in [0, 0.05) is 22.9 Å². The summed E-state index contributed by atoms with van der Waals surface area (Å²) in [5.41, 5.74) is 3.01. The Bertz CT molecular complexity index is 413. The minimum atomic E-state index is 0.164. The second-order valence-corrected chi connectivity index (χ2v) is 7.38. The second kappa shape index (κ2) is 6.78. The van der Waals surface area contributed by atoms with Crippen LogP contribution in [-0.4, -0.2) is 9.97 Å². The molecule has 0 saturated carbocycles. The van der Waals surface area contributed by atoms with Gasteiger partial charge in [-0.2, -0.15) is 0 Å². The summed E-state index contributed by atoms with van der Waals surface area (Å²) in [6.07, 6.45) is 7.05. The number of aryl methyl sites for hydroxylation is 1. The van der Waals surface area contributed by atoms with Crippen molar-refractivity contribution in [3.8, 4) is 0 Å². The Kier molecular flexibility index (Phi) is 5.85. The standard InChI is InChI=1S/C18H34N2/c1-8-11-12-14-19-15(17(4,5)10-3)16(20-14)18(6,7)13-9-2/h8-13H2,1-7H3,(H,19,20). The highest BCUT2D eigenvalue weighted by atomic mass is 15.0. The van der Waals surface area contributed by atoms with Crippen LogP contribution in [0, 0.1) is 0 Å². The van der Waals surface area contributed by atoms with Crippen LogP contribution in [-0.2, 0) is 17.3 Å². The Balaban J connectivity index is 3.22. The molecule has 20 heavy (non-hydrogen) atoms. The van der Waals surface area contributed by atoms with Crippen molar-refractivity contribution in [2.24, 2.45) is 0 Å². The first-order valence-electron chi connectivity index (χ1n) is 8.38. The van der Waals surface area contributed by atoms with Crippen molar-refractivity contribution in [2.75, 3.05) is 0 Å². The van der Waals surface area contributed by atoms with Crippen LogP contribution < -0.4 is 0 Å². The summed E-state index contributed by atoms with van der Waals surface area (Å²) in [5.74, 6) is 1.18. The molecule has 116 valence electrons. The molecule has 0 fully saturated rings. The number of hydrogen-bond donors (Lipinski definition) is 1. The molecule has 1 aromatic heterocycles. The van der Waals surface area contributed by atoms with Gasteiger partial charge < -0.3 is 4.98 Å². The van der Waals surface area contributed by atoms with Crippen LogP contribution in [0.1, 0.15) is 97.8 Å². The summed E-state index contributed by atoms with van der Waals surface area (Å²) in [7, 11) is 0.